The molecule has 1 rings (SSSR count). The van der Waals surface area contributed by atoms with Gasteiger partial charge >= 0.3 is 6.01 Å². The van der Waals surface area contributed by atoms with Crippen LogP contribution >= 0.6 is 0 Å². The molecule has 0 aliphatic rings. The Kier molecular flexibility index (Phi) is 2.15. The average molecular weight is 136 g/mol. The first kappa shape index (κ1) is 6.42. The molecule has 0 spiro atoms. The first-order valence-electron chi connectivity index (χ1n) is 2.55. The van der Waals surface area contributed by atoms with Crippen LogP contribution in [0.4, 0.5) is 0 Å². The van der Waals surface area contributed by atoms with Crippen molar-refractivity contribution >= 4 is 0 Å². The summed E-state index contributed by atoms with van der Waals surface area (Å²) >= 11 is 0. The second-order valence-corrected chi connectivity index (χ2v) is 1.37. The molecule has 1 aromatic rings. The van der Waals surface area contributed by atoms with Crippen molar-refractivity contribution < 1.29 is 4.74 Å². The highest BCUT2D eigenvalue weighted by molar-refractivity contribution is 4.88. The molecule has 0 fully saturated rings. The number of ether oxygens (including phenoxy) is 1. The van der Waals surface area contributed by atoms with Crippen molar-refractivity contribution in [1.82, 2.24) is 15.0 Å². The van der Waals surface area contributed by atoms with Crippen LogP contribution < -0.4 is 4.74 Å². The summed E-state index contributed by atoms with van der Waals surface area (Å²) in [4.78, 5) is 10.8. The molecule has 0 saturated heterocycles. The molecule has 10 heavy (non-hydrogen) atoms. The smallest absolute Gasteiger partial charge is 0.320 e. The van der Waals surface area contributed by atoms with Gasteiger partial charge < -0.3 is 4.74 Å². The van der Waals surface area contributed by atoms with E-state index in [9.17, 15) is 0 Å². The van der Waals surface area contributed by atoms with Gasteiger partial charge in [0.25, 0.3) is 0 Å². The van der Waals surface area contributed by atoms with Crippen LogP contribution in [0.15, 0.2) is 12.7 Å². The number of rotatable bonds is 2. The minimum Gasteiger partial charge on any atom is -0.448 e. The van der Waals surface area contributed by atoms with Crippen LogP contribution in [0.5, 0.6) is 6.01 Å². The van der Waals surface area contributed by atoms with Gasteiger partial charge in [-0.15, -0.1) is 0 Å². The van der Waals surface area contributed by atoms with Crippen molar-refractivity contribution in [3.63, 3.8) is 0 Å². The van der Waals surface area contributed by atoms with Crippen molar-refractivity contribution in [2.24, 2.45) is 0 Å². The normalized spacial score (nSPS) is 8.30. The SMILES string of the molecule is N#CCOc1ncncn1. The summed E-state index contributed by atoms with van der Waals surface area (Å²) in [6.07, 6.45) is 2.61. The largest absolute Gasteiger partial charge is 0.448 e. The maximum Gasteiger partial charge on any atom is 0.320 e. The highest BCUT2D eigenvalue weighted by Gasteiger charge is 1.90. The van der Waals surface area contributed by atoms with Crippen LogP contribution in [0.2, 0.25) is 0 Å². The van der Waals surface area contributed by atoms with Crippen LogP contribution in [0.1, 0.15) is 0 Å². The fourth-order valence-corrected chi connectivity index (χ4v) is 0.400. The first-order valence-corrected chi connectivity index (χ1v) is 2.55. The quantitative estimate of drug-likeness (QED) is 0.561. The number of nitrogens with zero attached hydrogens (tertiary/aromatic N) is 4. The lowest BCUT2D eigenvalue weighted by molar-refractivity contribution is 0.336. The van der Waals surface area contributed by atoms with Gasteiger partial charge in [0.05, 0.1) is 0 Å². The molecule has 0 atom stereocenters. The van der Waals surface area contributed by atoms with Crippen molar-refractivity contribution in [3.05, 3.63) is 12.7 Å². The Morgan fingerprint density at radius 1 is 1.50 bits per heavy atom. The molecule has 0 aliphatic heterocycles. The summed E-state index contributed by atoms with van der Waals surface area (Å²) in [6, 6.07) is 1.97. The van der Waals surface area contributed by atoms with Gasteiger partial charge in [-0.3, -0.25) is 0 Å². The van der Waals surface area contributed by atoms with Gasteiger partial charge in [0.2, 0.25) is 0 Å². The molecule has 0 N–H and O–H groups in total. The van der Waals surface area contributed by atoms with E-state index in [4.69, 9.17) is 10.00 Å². The zero-order valence-electron chi connectivity index (χ0n) is 5.06. The van der Waals surface area contributed by atoms with Gasteiger partial charge in [0, 0.05) is 0 Å². The van der Waals surface area contributed by atoms with Crippen LogP contribution in [-0.4, -0.2) is 21.6 Å². The molecule has 0 aliphatic carbocycles. The van der Waals surface area contributed by atoms with Gasteiger partial charge in [-0.05, 0) is 0 Å². The zero-order chi connectivity index (χ0) is 7.23. The molecular weight excluding hydrogens is 132 g/mol. The molecule has 50 valence electrons. The molecule has 1 aromatic heterocycles. The third kappa shape index (κ3) is 1.67. The van der Waals surface area contributed by atoms with Crippen LogP contribution in [-0.2, 0) is 0 Å². The number of aromatic nitrogens is 3. The third-order valence-electron chi connectivity index (χ3n) is 0.736. The van der Waals surface area contributed by atoms with Crippen LogP contribution in [0.25, 0.3) is 0 Å². The maximum atomic E-state index is 8.08. The monoisotopic (exact) mass is 136 g/mol. The van der Waals surface area contributed by atoms with Gasteiger partial charge in [-0.25, -0.2) is 4.98 Å². The first-order chi connectivity index (χ1) is 4.93. The number of hydrogen-bond acceptors (Lipinski definition) is 5. The highest BCUT2D eigenvalue weighted by atomic mass is 16.5. The van der Waals surface area contributed by atoms with Gasteiger partial charge in [0.15, 0.2) is 6.61 Å². The molecule has 5 nitrogen and oxygen atoms in total. The summed E-state index contributed by atoms with van der Waals surface area (Å²) in [7, 11) is 0. The molecule has 0 bridgehead atoms. The lowest BCUT2D eigenvalue weighted by atomic mass is 10.8. The van der Waals surface area contributed by atoms with Gasteiger partial charge in [-0.2, -0.15) is 15.2 Å². The van der Waals surface area contributed by atoms with E-state index in [0.717, 1.165) is 0 Å². The zero-order valence-corrected chi connectivity index (χ0v) is 5.06. The minimum absolute atomic E-state index is 0.0377. The Bertz CT molecular complexity index is 229. The Morgan fingerprint density at radius 3 is 2.80 bits per heavy atom. The highest BCUT2D eigenvalue weighted by Crippen LogP contribution is 1.93. The fourth-order valence-electron chi connectivity index (χ4n) is 0.400. The molecule has 1 heterocycles. The predicted molar refractivity (Wildman–Crippen MR) is 30.9 cm³/mol. The van der Waals surface area contributed by atoms with E-state index in [2.05, 4.69) is 15.0 Å². The van der Waals surface area contributed by atoms with E-state index in [1.807, 2.05) is 0 Å². The van der Waals surface area contributed by atoms with E-state index in [-0.39, 0.29) is 12.6 Å². The number of hydrogen-bond donors (Lipinski definition) is 0. The predicted octanol–water partition coefficient (Wildman–Crippen LogP) is -0.226. The Labute approximate surface area is 57.3 Å². The van der Waals surface area contributed by atoms with Crippen molar-refractivity contribution in [1.29, 1.82) is 5.26 Å². The molecule has 0 aromatic carbocycles. The van der Waals surface area contributed by atoms with E-state index in [1.54, 1.807) is 6.07 Å². The topological polar surface area (TPSA) is 71.7 Å². The summed E-state index contributed by atoms with van der Waals surface area (Å²) in [5.41, 5.74) is 0. The van der Waals surface area contributed by atoms with E-state index >= 15 is 0 Å². The van der Waals surface area contributed by atoms with Crippen molar-refractivity contribution in [2.75, 3.05) is 6.61 Å². The van der Waals surface area contributed by atoms with Crippen LogP contribution in [0, 0.1) is 11.3 Å². The molecule has 0 amide bonds. The summed E-state index contributed by atoms with van der Waals surface area (Å²) in [5.74, 6) is 0. The molecule has 0 saturated carbocycles. The number of nitriles is 1. The molecule has 0 radical (unpaired) electrons. The summed E-state index contributed by atoms with van der Waals surface area (Å²) in [6.45, 7) is -0.0377. The second-order valence-electron chi connectivity index (χ2n) is 1.37. The fraction of sp³-hybridized carbons (Fsp3) is 0.200. The molecular formula is C5H4N4O. The van der Waals surface area contributed by atoms with E-state index in [0.29, 0.717) is 0 Å². The molecule has 0 unspecified atom stereocenters. The minimum atomic E-state index is -0.0377. The van der Waals surface area contributed by atoms with Crippen molar-refractivity contribution in [3.8, 4) is 12.1 Å². The lowest BCUT2D eigenvalue weighted by Crippen LogP contribution is -1.97. The van der Waals surface area contributed by atoms with Crippen molar-refractivity contribution in [2.45, 2.75) is 0 Å². The lowest BCUT2D eigenvalue weighted by Gasteiger charge is -1.93. The van der Waals surface area contributed by atoms with E-state index in [1.165, 1.54) is 12.7 Å². The Balaban J connectivity index is 2.52. The Morgan fingerprint density at radius 2 is 2.20 bits per heavy atom. The summed E-state index contributed by atoms with van der Waals surface area (Å²) in [5, 5.41) is 8.08. The standard InChI is InChI=1S/C5H4N4O/c6-1-2-10-5-8-3-7-4-9-5/h3-4H,2H2. The van der Waals surface area contributed by atoms with E-state index < -0.39 is 0 Å². The maximum absolute atomic E-state index is 8.08. The third-order valence-corrected chi connectivity index (χ3v) is 0.736. The molecule has 5 heteroatoms. The Hall–Kier alpha value is -1.70. The second kappa shape index (κ2) is 3.35. The van der Waals surface area contributed by atoms with Crippen LogP contribution in [0.3, 0.4) is 0 Å². The average Bonchev–Trinajstić information content (AvgIpc) is 2.03. The van der Waals surface area contributed by atoms with Gasteiger partial charge in [0.1, 0.15) is 18.7 Å². The van der Waals surface area contributed by atoms with Gasteiger partial charge in [-0.1, -0.05) is 0 Å². The summed E-state index contributed by atoms with van der Waals surface area (Å²) < 4.78 is 4.73.